The van der Waals surface area contributed by atoms with E-state index in [1.165, 1.54) is 102 Å². The number of nitrogen functional groups attached to an aromatic ring is 1. The third-order valence-electron chi connectivity index (χ3n) is 15.2. The third-order valence-corrected chi connectivity index (χ3v) is 15.6. The first-order valence-corrected chi connectivity index (χ1v) is 32.8. The molecule has 0 unspecified atom stereocenters. The van der Waals surface area contributed by atoms with E-state index in [1.807, 2.05) is 81.4 Å². The number of imidazole rings is 1. The Morgan fingerprint density at radius 3 is 1.40 bits per heavy atom. The number of hydrogen-bond donors (Lipinski definition) is 1. The van der Waals surface area contributed by atoms with Crippen LogP contribution in [0.1, 0.15) is 91.4 Å². The normalized spacial score (nSPS) is 14.8. The number of pyridine rings is 2. The maximum atomic E-state index is 13.0. The largest absolute Gasteiger partial charge is 0.492 e. The van der Waals surface area contributed by atoms with E-state index in [9.17, 15) is 74.5 Å². The Kier molecular flexibility index (Phi) is 27.6. The molecule has 4 aliphatic heterocycles. The van der Waals surface area contributed by atoms with Gasteiger partial charge in [-0.1, -0.05) is 18.2 Å². The number of benzene rings is 2. The Bertz CT molecular complexity index is 4520. The average Bonchev–Trinajstić information content (AvgIpc) is 1.63. The molecule has 12 rings (SSSR count). The molecule has 564 valence electrons. The fourth-order valence-corrected chi connectivity index (χ4v) is 9.52. The molecule has 1 fully saturated rings. The first kappa shape index (κ1) is 82.9. The number of hydrogen-bond acceptors (Lipinski definition) is 22. The number of anilines is 1. The number of alkyl halides is 3. The van der Waals surface area contributed by atoms with Crippen molar-refractivity contribution in [1.82, 2.24) is 64.1 Å². The number of carbonyl (C=O) groups is 4. The Hall–Kier alpha value is -11.4. The van der Waals surface area contributed by atoms with E-state index in [2.05, 4.69) is 60.8 Å². The van der Waals surface area contributed by atoms with Gasteiger partial charge in [-0.25, -0.2) is 76.4 Å². The highest BCUT2D eigenvalue weighted by atomic mass is 79.9. The van der Waals surface area contributed by atoms with Crippen molar-refractivity contribution in [2.24, 2.45) is 0 Å². The van der Waals surface area contributed by atoms with E-state index in [4.69, 9.17) is 24.5 Å². The van der Waals surface area contributed by atoms with Crippen LogP contribution in [0.5, 0.6) is 0 Å². The number of nitrogens with zero attached hydrogens (tertiary/aromatic N) is 15. The molecule has 0 atom stereocenters. The van der Waals surface area contributed by atoms with Gasteiger partial charge < -0.3 is 39.2 Å². The summed E-state index contributed by atoms with van der Waals surface area (Å²) < 4.78 is 124. The predicted molar refractivity (Wildman–Crippen MR) is 376 cm³/mol. The van der Waals surface area contributed by atoms with Gasteiger partial charge in [0.1, 0.15) is 34.9 Å². The summed E-state index contributed by atoms with van der Waals surface area (Å²) >= 11 is 2.96. The molecular formula is C69H70BBrF8N16O12. The summed E-state index contributed by atoms with van der Waals surface area (Å²) in [5, 5.41) is 21.7. The number of carbonyl (C=O) groups excluding carboxylic acids is 4. The molecule has 0 radical (unpaired) electrons. The van der Waals surface area contributed by atoms with Gasteiger partial charge in [-0.2, -0.15) is 13.2 Å². The van der Waals surface area contributed by atoms with E-state index in [-0.39, 0.29) is 90.5 Å². The van der Waals surface area contributed by atoms with E-state index < -0.39 is 56.4 Å². The molecule has 1 saturated heterocycles. The minimum Gasteiger partial charge on any atom is -0.444 e. The smallest absolute Gasteiger partial charge is 0.444 e. The standard InChI is InChI=1S/C16H11FN4O3.C15H26BNO4.C13H16FN3O2.C11H8FN3O2.C10H7F4N3O.C4H2BrFN2/c17-12-3-1-11(2-4-12)13-5-6-15(21(23)24)14(19-13)9-16(22)20-8-7-18-10-20;1-13(2,3)19-12(18)17-9-8-11(10-17)16-20-14(4,5)15(6,7)21-16;1-13(2,3)19-12(18)17-5-4-9(8-17)11-15-6-10(14)7-16-11;12-8-3-1-7(2-4-8)9-5-6-10(15(16)17)11(13)14-9;11-7-3-15-8(16-4-7)6-1-2-17(5-6)9(18)10(12,13)14;5-4-7-1-3(6)2-8-4/h1-8,10H,9H2;8H,9-10H2,1-7H3;4,6-7H,5,8H2,1-3H3;1-6H,(H2,13,14);1,3-4H,2,5H2;1-2H. The van der Waals surface area contributed by atoms with Crippen molar-refractivity contribution in [3.8, 4) is 22.5 Å². The van der Waals surface area contributed by atoms with Crippen LogP contribution in [0.3, 0.4) is 0 Å². The van der Waals surface area contributed by atoms with Gasteiger partial charge in [0.2, 0.25) is 11.7 Å². The molecule has 10 heterocycles. The Morgan fingerprint density at radius 2 is 0.991 bits per heavy atom. The molecule has 8 aromatic rings. The van der Waals surface area contributed by atoms with Crippen molar-refractivity contribution >= 4 is 75.4 Å². The summed E-state index contributed by atoms with van der Waals surface area (Å²) in [4.78, 5) is 105. The van der Waals surface area contributed by atoms with Gasteiger partial charge in [-0.15, -0.1) is 0 Å². The topological polar surface area (TPSA) is 348 Å². The second kappa shape index (κ2) is 35.6. The summed E-state index contributed by atoms with van der Waals surface area (Å²) in [6, 6.07) is 16.7. The SMILES string of the molecule is CC(C)(C)OC(=O)N1CC=C(B2OC(C)(C)C(C)(C)O2)C1.CC(C)(C)OC(=O)N1CC=C(c2ncc(F)cn2)C1.Fc1cnc(Br)nc1.Nc1nc(-c2ccc(F)cc2)ccc1[N+](=O)[O-].O=C(Cc1nc(-c2ccc(F)cc2)ccc1[N+](=O)[O-])n1ccnc1.O=C(N1CC=C(c2ncc(F)cn2)C1)C(F)(F)F. The van der Waals surface area contributed by atoms with Gasteiger partial charge in [-0.05, 0) is 151 Å². The first-order chi connectivity index (χ1) is 50.0. The molecule has 0 aliphatic carbocycles. The lowest BCUT2D eigenvalue weighted by Gasteiger charge is -2.32. The van der Waals surface area contributed by atoms with Crippen molar-refractivity contribution in [3.05, 3.63) is 224 Å². The van der Waals surface area contributed by atoms with Crippen LogP contribution >= 0.6 is 15.9 Å². The number of aromatic nitrogens is 10. The van der Waals surface area contributed by atoms with Gasteiger partial charge in [0.25, 0.3) is 5.69 Å². The van der Waals surface area contributed by atoms with Crippen LogP contribution in [-0.2, 0) is 30.0 Å². The Labute approximate surface area is 615 Å². The lowest BCUT2D eigenvalue weighted by molar-refractivity contribution is -0.385. The fourth-order valence-electron chi connectivity index (χ4n) is 9.31. The monoisotopic (exact) mass is 1560 g/mol. The van der Waals surface area contributed by atoms with Crippen molar-refractivity contribution in [1.29, 1.82) is 0 Å². The zero-order valence-corrected chi connectivity index (χ0v) is 60.6. The van der Waals surface area contributed by atoms with Gasteiger partial charge in [0.15, 0.2) is 33.8 Å². The molecule has 4 aliphatic rings. The summed E-state index contributed by atoms with van der Waals surface area (Å²) in [5.74, 6) is -4.19. The van der Waals surface area contributed by atoms with Crippen molar-refractivity contribution in [2.75, 3.05) is 45.0 Å². The zero-order chi connectivity index (χ0) is 78.9. The second-order valence-electron chi connectivity index (χ2n) is 26.2. The Morgan fingerprint density at radius 1 is 0.579 bits per heavy atom. The number of amides is 3. The molecule has 3 amide bonds. The zero-order valence-electron chi connectivity index (χ0n) is 59.0. The second-order valence-corrected chi connectivity index (χ2v) is 26.9. The molecule has 0 bridgehead atoms. The molecular weight excluding hydrogens is 1490 g/mol. The van der Waals surface area contributed by atoms with Crippen LogP contribution in [0.15, 0.2) is 157 Å². The van der Waals surface area contributed by atoms with Crippen molar-refractivity contribution < 1.29 is 82.9 Å². The number of rotatable bonds is 9. The molecule has 2 N–H and O–H groups in total. The highest BCUT2D eigenvalue weighted by Crippen LogP contribution is 2.40. The molecule has 6 aromatic heterocycles. The average molecular weight is 1560 g/mol. The molecule has 28 nitrogen and oxygen atoms in total. The van der Waals surface area contributed by atoms with E-state index in [1.54, 1.807) is 9.80 Å². The Balaban J connectivity index is 0.000000182. The van der Waals surface area contributed by atoms with Crippen molar-refractivity contribution in [3.63, 3.8) is 0 Å². The lowest BCUT2D eigenvalue weighted by atomic mass is 9.79. The van der Waals surface area contributed by atoms with E-state index >= 15 is 0 Å². The van der Waals surface area contributed by atoms with Crippen LogP contribution in [0.4, 0.5) is 61.9 Å². The van der Waals surface area contributed by atoms with E-state index in [0.29, 0.717) is 69.7 Å². The maximum Gasteiger partial charge on any atom is 0.492 e. The summed E-state index contributed by atoms with van der Waals surface area (Å²) in [6.45, 7) is 20.6. The minimum absolute atomic E-state index is 0.0422. The molecule has 38 heteroatoms. The summed E-state index contributed by atoms with van der Waals surface area (Å²) in [5.41, 5.74) is 7.58. The highest BCUT2D eigenvalue weighted by molar-refractivity contribution is 9.10. The lowest BCUT2D eigenvalue weighted by Crippen LogP contribution is -2.41. The fraction of sp³-hybridized carbons (Fsp3) is 0.319. The molecule has 0 spiro atoms. The van der Waals surface area contributed by atoms with Crippen LogP contribution in [-0.4, -0.2) is 173 Å². The quantitative estimate of drug-likeness (QED) is 0.0461. The van der Waals surface area contributed by atoms with E-state index in [0.717, 1.165) is 48.2 Å². The highest BCUT2D eigenvalue weighted by Gasteiger charge is 2.53. The maximum absolute atomic E-state index is 13.0. The first-order valence-electron chi connectivity index (χ1n) is 32.0. The van der Waals surface area contributed by atoms with Crippen LogP contribution in [0.25, 0.3) is 33.7 Å². The number of nitro groups is 2. The third kappa shape index (κ3) is 24.6. The van der Waals surface area contributed by atoms with Crippen LogP contribution in [0.2, 0.25) is 0 Å². The summed E-state index contributed by atoms with van der Waals surface area (Å²) in [7, 11) is -0.387. The van der Waals surface area contributed by atoms with Gasteiger partial charge >= 0.3 is 37.1 Å². The molecule has 2 aromatic carbocycles. The predicted octanol–water partition coefficient (Wildman–Crippen LogP) is 13.1. The minimum atomic E-state index is -4.90. The van der Waals surface area contributed by atoms with Gasteiger partial charge in [-0.3, -0.25) is 34.4 Å². The van der Waals surface area contributed by atoms with Gasteiger partial charge in [0.05, 0.1) is 82.6 Å². The number of nitrogens with two attached hydrogens (primary N) is 1. The molecule has 107 heavy (non-hydrogen) atoms. The van der Waals surface area contributed by atoms with Crippen LogP contribution in [0, 0.1) is 49.3 Å². The molecule has 0 saturated carbocycles. The number of halogens is 9. The van der Waals surface area contributed by atoms with Crippen LogP contribution < -0.4 is 5.73 Å². The van der Waals surface area contributed by atoms with Gasteiger partial charge in [0, 0.05) is 79.5 Å². The number of ether oxygens (including phenoxy) is 2. The van der Waals surface area contributed by atoms with Crippen molar-refractivity contribution in [2.45, 2.75) is 104 Å². The summed E-state index contributed by atoms with van der Waals surface area (Å²) in [6.07, 6.45) is 9.88.